The molecule has 0 saturated carbocycles. The molecule has 0 saturated heterocycles. The van der Waals surface area contributed by atoms with Gasteiger partial charge in [-0.2, -0.15) is 0 Å². The van der Waals surface area contributed by atoms with E-state index in [-0.39, 0.29) is 11.8 Å². The van der Waals surface area contributed by atoms with E-state index in [1.54, 1.807) is 11.3 Å². The van der Waals surface area contributed by atoms with E-state index < -0.39 is 9.84 Å². The number of thiophene rings is 1. The number of hydrogen-bond donors (Lipinski definition) is 1. The first-order valence-electron chi connectivity index (χ1n) is 4.57. The minimum absolute atomic E-state index is 0.0527. The molecule has 0 aliphatic rings. The van der Waals surface area contributed by atoms with Gasteiger partial charge in [0.1, 0.15) is 9.84 Å². The highest BCUT2D eigenvalue weighted by Crippen LogP contribution is 2.28. The van der Waals surface area contributed by atoms with E-state index in [4.69, 9.17) is 5.73 Å². The second-order valence-electron chi connectivity index (χ2n) is 3.52. The van der Waals surface area contributed by atoms with Crippen molar-refractivity contribution >= 4 is 37.1 Å². The molecular weight excluding hydrogens is 298 g/mol. The summed E-state index contributed by atoms with van der Waals surface area (Å²) in [5.74, 6) is 0.216. The average Bonchev–Trinajstić information content (AvgIpc) is 2.49. The Balaban J connectivity index is 2.40. The van der Waals surface area contributed by atoms with Gasteiger partial charge in [-0.15, -0.1) is 11.3 Å². The van der Waals surface area contributed by atoms with Crippen LogP contribution >= 0.6 is 27.3 Å². The van der Waals surface area contributed by atoms with Crippen LogP contribution in [0, 0.1) is 0 Å². The highest BCUT2D eigenvalue weighted by Gasteiger charge is 2.10. The van der Waals surface area contributed by atoms with Crippen molar-refractivity contribution in [1.82, 2.24) is 0 Å². The zero-order valence-electron chi connectivity index (χ0n) is 8.44. The molecule has 1 atom stereocenters. The molecule has 0 fully saturated rings. The Morgan fingerprint density at radius 3 is 2.67 bits per heavy atom. The van der Waals surface area contributed by atoms with Gasteiger partial charge in [0.15, 0.2) is 0 Å². The number of rotatable bonds is 5. The molecule has 1 rings (SSSR count). The molecule has 1 aromatic heterocycles. The van der Waals surface area contributed by atoms with Gasteiger partial charge in [-0.1, -0.05) is 0 Å². The van der Waals surface area contributed by atoms with E-state index in [0.29, 0.717) is 12.8 Å². The number of nitrogens with two attached hydrogens (primary N) is 1. The van der Waals surface area contributed by atoms with Gasteiger partial charge in [0, 0.05) is 22.9 Å². The van der Waals surface area contributed by atoms with E-state index in [1.165, 1.54) is 6.26 Å². The van der Waals surface area contributed by atoms with E-state index in [1.807, 2.05) is 12.1 Å². The molecule has 1 aromatic rings. The Morgan fingerprint density at radius 1 is 1.53 bits per heavy atom. The highest BCUT2D eigenvalue weighted by molar-refractivity contribution is 9.11. The maximum Gasteiger partial charge on any atom is 0.147 e. The van der Waals surface area contributed by atoms with Gasteiger partial charge in [0.2, 0.25) is 0 Å². The molecule has 15 heavy (non-hydrogen) atoms. The monoisotopic (exact) mass is 311 g/mol. The SMILES string of the molecule is CS(=O)(=O)CCCC(N)c1ccc(Br)s1. The molecule has 1 heterocycles. The lowest BCUT2D eigenvalue weighted by Gasteiger charge is -2.08. The second-order valence-corrected chi connectivity index (χ2v) is 8.27. The summed E-state index contributed by atoms with van der Waals surface area (Å²) in [6.07, 6.45) is 2.58. The first kappa shape index (κ1) is 13.2. The molecule has 6 heteroatoms. The lowest BCUT2D eigenvalue weighted by atomic mass is 10.1. The van der Waals surface area contributed by atoms with Crippen molar-refractivity contribution in [1.29, 1.82) is 0 Å². The van der Waals surface area contributed by atoms with Gasteiger partial charge < -0.3 is 5.73 Å². The first-order valence-corrected chi connectivity index (χ1v) is 8.24. The van der Waals surface area contributed by atoms with Crippen LogP contribution in [0.4, 0.5) is 0 Å². The predicted octanol–water partition coefficient (Wildman–Crippen LogP) is 2.34. The standard InChI is InChI=1S/C9H14BrNO2S2/c1-15(12,13)6-2-3-7(11)8-4-5-9(10)14-8/h4-5,7H,2-3,6,11H2,1H3. The Kier molecular flexibility index (Phi) is 4.76. The largest absolute Gasteiger partial charge is 0.323 e. The quantitative estimate of drug-likeness (QED) is 0.908. The van der Waals surface area contributed by atoms with Crippen LogP contribution in [0.15, 0.2) is 15.9 Å². The summed E-state index contributed by atoms with van der Waals surface area (Å²) in [6, 6.07) is 3.87. The summed E-state index contributed by atoms with van der Waals surface area (Å²) < 4.78 is 22.9. The van der Waals surface area contributed by atoms with Crippen molar-refractivity contribution in [3.8, 4) is 0 Å². The molecule has 0 spiro atoms. The van der Waals surface area contributed by atoms with Crippen LogP contribution in [0.1, 0.15) is 23.8 Å². The van der Waals surface area contributed by atoms with Crippen molar-refractivity contribution in [3.63, 3.8) is 0 Å². The Bertz CT molecular complexity index is 414. The summed E-state index contributed by atoms with van der Waals surface area (Å²) in [5, 5.41) is 0. The first-order chi connectivity index (χ1) is 6.88. The van der Waals surface area contributed by atoms with Crippen LogP contribution < -0.4 is 5.73 Å². The van der Waals surface area contributed by atoms with Crippen molar-refractivity contribution < 1.29 is 8.42 Å². The number of sulfone groups is 1. The van der Waals surface area contributed by atoms with Crippen LogP contribution in [0.5, 0.6) is 0 Å². The molecular formula is C9H14BrNO2S2. The Labute approximate surface area is 103 Å². The predicted molar refractivity (Wildman–Crippen MR) is 67.9 cm³/mol. The fourth-order valence-corrected chi connectivity index (χ4v) is 3.39. The smallest absolute Gasteiger partial charge is 0.147 e. The van der Waals surface area contributed by atoms with Crippen molar-refractivity contribution in [2.75, 3.05) is 12.0 Å². The lowest BCUT2D eigenvalue weighted by molar-refractivity contribution is 0.589. The molecule has 3 nitrogen and oxygen atoms in total. The summed E-state index contributed by atoms with van der Waals surface area (Å²) >= 11 is 4.96. The topological polar surface area (TPSA) is 60.2 Å². The Hall–Kier alpha value is 0.0900. The van der Waals surface area contributed by atoms with Crippen LogP contribution in [-0.4, -0.2) is 20.4 Å². The van der Waals surface area contributed by atoms with Gasteiger partial charge >= 0.3 is 0 Å². The zero-order valence-corrected chi connectivity index (χ0v) is 11.7. The van der Waals surface area contributed by atoms with Gasteiger partial charge in [-0.3, -0.25) is 0 Å². The van der Waals surface area contributed by atoms with E-state index in [2.05, 4.69) is 15.9 Å². The molecule has 2 N–H and O–H groups in total. The fraction of sp³-hybridized carbons (Fsp3) is 0.556. The van der Waals surface area contributed by atoms with E-state index in [0.717, 1.165) is 8.66 Å². The average molecular weight is 312 g/mol. The van der Waals surface area contributed by atoms with E-state index >= 15 is 0 Å². The van der Waals surface area contributed by atoms with Crippen LogP contribution in [0.25, 0.3) is 0 Å². The number of hydrogen-bond acceptors (Lipinski definition) is 4. The van der Waals surface area contributed by atoms with Gasteiger partial charge in [0.05, 0.1) is 3.79 Å². The maximum absolute atomic E-state index is 10.9. The third-order valence-corrected chi connectivity index (χ3v) is 4.78. The molecule has 0 aromatic carbocycles. The van der Waals surface area contributed by atoms with E-state index in [9.17, 15) is 8.42 Å². The highest BCUT2D eigenvalue weighted by atomic mass is 79.9. The van der Waals surface area contributed by atoms with Gasteiger partial charge in [-0.25, -0.2) is 8.42 Å². The maximum atomic E-state index is 10.9. The van der Waals surface area contributed by atoms with Crippen molar-refractivity contribution in [3.05, 3.63) is 20.8 Å². The molecule has 0 aliphatic heterocycles. The molecule has 0 radical (unpaired) electrons. The third-order valence-electron chi connectivity index (χ3n) is 1.99. The van der Waals surface area contributed by atoms with Crippen molar-refractivity contribution in [2.24, 2.45) is 5.73 Å². The molecule has 86 valence electrons. The fourth-order valence-electron chi connectivity index (χ4n) is 1.24. The minimum atomic E-state index is -2.86. The van der Waals surface area contributed by atoms with Crippen LogP contribution in [-0.2, 0) is 9.84 Å². The molecule has 0 aliphatic carbocycles. The van der Waals surface area contributed by atoms with Crippen LogP contribution in [0.2, 0.25) is 0 Å². The van der Waals surface area contributed by atoms with Crippen molar-refractivity contribution in [2.45, 2.75) is 18.9 Å². The Morgan fingerprint density at radius 2 is 2.20 bits per heavy atom. The minimum Gasteiger partial charge on any atom is -0.323 e. The van der Waals surface area contributed by atoms with Gasteiger partial charge in [-0.05, 0) is 40.9 Å². The molecule has 1 unspecified atom stereocenters. The third kappa shape index (κ3) is 5.10. The lowest BCUT2D eigenvalue weighted by Crippen LogP contribution is -2.11. The second kappa shape index (κ2) is 5.43. The summed E-state index contributed by atoms with van der Waals surface area (Å²) in [6.45, 7) is 0. The zero-order chi connectivity index (χ0) is 11.5. The molecule has 0 bridgehead atoms. The number of halogens is 1. The summed E-state index contributed by atoms with van der Waals surface area (Å²) in [4.78, 5) is 1.09. The normalized spacial score (nSPS) is 14.1. The van der Waals surface area contributed by atoms with Crippen LogP contribution in [0.3, 0.4) is 0 Å². The summed E-state index contributed by atoms with van der Waals surface area (Å²) in [7, 11) is -2.86. The van der Waals surface area contributed by atoms with Gasteiger partial charge in [0.25, 0.3) is 0 Å². The summed E-state index contributed by atoms with van der Waals surface area (Å²) in [5.41, 5.74) is 5.93. The molecule has 0 amide bonds.